The van der Waals surface area contributed by atoms with Crippen LogP contribution in [0.25, 0.3) is 10.9 Å². The first kappa shape index (κ1) is 24.3. The van der Waals surface area contributed by atoms with Crippen LogP contribution in [0.15, 0.2) is 57.6 Å². The van der Waals surface area contributed by atoms with Crippen molar-refractivity contribution < 1.29 is 18.4 Å². The van der Waals surface area contributed by atoms with Crippen molar-refractivity contribution in [3.63, 3.8) is 0 Å². The van der Waals surface area contributed by atoms with Crippen LogP contribution < -0.4 is 0 Å². The molecule has 0 bridgehead atoms. The highest BCUT2D eigenvalue weighted by atomic mass is 32.2. The first-order valence-electron chi connectivity index (χ1n) is 10.8. The predicted octanol–water partition coefficient (Wildman–Crippen LogP) is 5.50. The smallest absolute Gasteiger partial charge is 0.298 e. The molecule has 0 aliphatic rings. The largest absolute Gasteiger partial charge is 0.493 e. The molecule has 3 aromatic rings. The third kappa shape index (κ3) is 4.74. The summed E-state index contributed by atoms with van der Waals surface area (Å²) in [5, 5.41) is 31.2. The molecule has 0 saturated heterocycles. The Hall–Kier alpha value is -3.31. The number of rotatable bonds is 10. The lowest BCUT2D eigenvalue weighted by Gasteiger charge is -2.18. The van der Waals surface area contributed by atoms with Gasteiger partial charge in [-0.25, -0.2) is 8.42 Å². The molecule has 1 N–H and O–H groups in total. The highest BCUT2D eigenvalue weighted by Crippen LogP contribution is 2.40. The number of hydrogen-bond acceptors (Lipinski definition) is 7. The van der Waals surface area contributed by atoms with Crippen LogP contribution in [0.1, 0.15) is 33.6 Å². The molecular formula is C22H27N5O5S. The van der Waals surface area contributed by atoms with Gasteiger partial charge in [-0.2, -0.15) is 4.31 Å². The maximum atomic E-state index is 12.8. The van der Waals surface area contributed by atoms with Crippen LogP contribution in [0.4, 0.5) is 17.1 Å². The zero-order valence-corrected chi connectivity index (χ0v) is 19.6. The first-order valence-corrected chi connectivity index (χ1v) is 12.2. The van der Waals surface area contributed by atoms with Gasteiger partial charge in [0.05, 0.1) is 15.3 Å². The molecule has 0 unspecified atom stereocenters. The van der Waals surface area contributed by atoms with E-state index >= 15 is 0 Å². The lowest BCUT2D eigenvalue weighted by molar-refractivity contribution is -0.384. The van der Waals surface area contributed by atoms with Crippen molar-refractivity contribution in [2.24, 2.45) is 10.2 Å². The third-order valence-corrected chi connectivity index (χ3v) is 7.44. The van der Waals surface area contributed by atoms with Gasteiger partial charge in [0.25, 0.3) is 5.69 Å². The Morgan fingerprint density at radius 3 is 2.42 bits per heavy atom. The fourth-order valence-corrected chi connectivity index (χ4v) is 5.10. The van der Waals surface area contributed by atoms with Crippen LogP contribution in [-0.4, -0.2) is 40.4 Å². The Kier molecular flexibility index (Phi) is 7.44. The Morgan fingerprint density at radius 1 is 1.09 bits per heavy atom. The molecule has 0 aliphatic heterocycles. The molecular weight excluding hydrogens is 446 g/mol. The minimum Gasteiger partial charge on any atom is -0.493 e. The molecule has 0 fully saturated rings. The van der Waals surface area contributed by atoms with Gasteiger partial charge in [0.15, 0.2) is 11.4 Å². The lowest BCUT2D eigenvalue weighted by atomic mass is 10.2. The molecule has 1 heterocycles. The Morgan fingerprint density at radius 2 is 1.79 bits per heavy atom. The van der Waals surface area contributed by atoms with E-state index < -0.39 is 20.6 Å². The third-order valence-electron chi connectivity index (χ3n) is 5.40. The molecule has 2 aromatic carbocycles. The second-order valence-corrected chi connectivity index (χ2v) is 9.33. The molecule has 3 rings (SSSR count). The highest BCUT2D eigenvalue weighted by Gasteiger charge is 2.26. The van der Waals surface area contributed by atoms with Crippen LogP contribution in [0.5, 0.6) is 5.88 Å². The first-order chi connectivity index (χ1) is 15.8. The summed E-state index contributed by atoms with van der Waals surface area (Å²) in [6.45, 7) is 6.52. The molecule has 0 radical (unpaired) electrons. The molecule has 10 nitrogen and oxygen atoms in total. The van der Waals surface area contributed by atoms with Crippen molar-refractivity contribution >= 4 is 38.0 Å². The molecule has 176 valence electrons. The summed E-state index contributed by atoms with van der Waals surface area (Å²) < 4.78 is 28.5. The zero-order chi connectivity index (χ0) is 24.2. The lowest BCUT2D eigenvalue weighted by Crippen LogP contribution is -2.30. The number of azo groups is 1. The number of nitro benzene ring substituents is 1. The molecule has 0 atom stereocenters. The van der Waals surface area contributed by atoms with Gasteiger partial charge in [0.1, 0.15) is 0 Å². The number of unbranched alkanes of at least 4 members (excludes halogenated alkanes) is 1. The minimum atomic E-state index is -3.87. The maximum Gasteiger partial charge on any atom is 0.298 e. The number of aromatic hydroxyl groups is 1. The van der Waals surface area contributed by atoms with Crippen molar-refractivity contribution in [1.82, 2.24) is 8.87 Å². The van der Waals surface area contributed by atoms with Crippen molar-refractivity contribution in [1.29, 1.82) is 0 Å². The molecule has 0 amide bonds. The van der Waals surface area contributed by atoms with E-state index in [1.165, 1.54) is 16.4 Å². The number of fused-ring (bicyclic) bond motifs is 1. The number of nitrogens with zero attached hydrogens (tertiary/aromatic N) is 5. The van der Waals surface area contributed by atoms with E-state index in [1.54, 1.807) is 30.5 Å². The Balaban J connectivity index is 2.07. The van der Waals surface area contributed by atoms with Gasteiger partial charge in [-0.3, -0.25) is 10.1 Å². The van der Waals surface area contributed by atoms with Gasteiger partial charge >= 0.3 is 0 Å². The van der Waals surface area contributed by atoms with Crippen LogP contribution in [-0.2, 0) is 16.6 Å². The van der Waals surface area contributed by atoms with Gasteiger partial charge in [-0.15, -0.1) is 10.2 Å². The quantitative estimate of drug-likeness (QED) is 0.236. The summed E-state index contributed by atoms with van der Waals surface area (Å²) in [6.07, 6.45) is 1.80. The normalized spacial score (nSPS) is 12.2. The van der Waals surface area contributed by atoms with Crippen LogP contribution in [0.2, 0.25) is 0 Å². The topological polar surface area (TPSA) is 130 Å². The minimum absolute atomic E-state index is 0.0724. The van der Waals surface area contributed by atoms with E-state index in [-0.39, 0.29) is 35.2 Å². The summed E-state index contributed by atoms with van der Waals surface area (Å²) in [5.41, 5.74) is 0.396. The number of nitro groups is 1. The standard InChI is InChI=1S/C22H27N5O5S/c1-4-7-14-26-19-11-9-8-10-17(19)21(22(26)28)24-23-18-13-12-16(15-20(18)27(29)30)33(31,32)25(5-2)6-3/h8-13,15,28H,4-7,14H2,1-3H3. The zero-order valence-electron chi connectivity index (χ0n) is 18.8. The average Bonchev–Trinajstić information content (AvgIpc) is 3.07. The van der Waals surface area contributed by atoms with Gasteiger partial charge < -0.3 is 9.67 Å². The summed E-state index contributed by atoms with van der Waals surface area (Å²) in [5.74, 6) is -0.0724. The summed E-state index contributed by atoms with van der Waals surface area (Å²) >= 11 is 0. The van der Waals surface area contributed by atoms with E-state index in [4.69, 9.17) is 0 Å². The monoisotopic (exact) mass is 473 g/mol. The van der Waals surface area contributed by atoms with Crippen molar-refractivity contribution in [3.05, 3.63) is 52.6 Å². The second kappa shape index (κ2) is 10.1. The molecule has 0 saturated carbocycles. The number of sulfonamides is 1. The fraction of sp³-hybridized carbons (Fsp3) is 0.364. The van der Waals surface area contributed by atoms with E-state index in [1.807, 2.05) is 19.1 Å². The van der Waals surface area contributed by atoms with Crippen molar-refractivity contribution in [2.45, 2.75) is 45.1 Å². The second-order valence-electron chi connectivity index (χ2n) is 7.39. The van der Waals surface area contributed by atoms with E-state index in [0.29, 0.717) is 11.9 Å². The van der Waals surface area contributed by atoms with Crippen LogP contribution in [0.3, 0.4) is 0 Å². The average molecular weight is 474 g/mol. The predicted molar refractivity (Wildman–Crippen MR) is 126 cm³/mol. The van der Waals surface area contributed by atoms with E-state index in [2.05, 4.69) is 10.2 Å². The van der Waals surface area contributed by atoms with Crippen molar-refractivity contribution in [2.75, 3.05) is 13.1 Å². The summed E-state index contributed by atoms with van der Waals surface area (Å²) in [6, 6.07) is 10.8. The van der Waals surface area contributed by atoms with Crippen LogP contribution >= 0.6 is 0 Å². The maximum absolute atomic E-state index is 12.8. The molecule has 0 aliphatic carbocycles. The molecule has 1 aromatic heterocycles. The van der Waals surface area contributed by atoms with Crippen molar-refractivity contribution in [3.8, 4) is 5.88 Å². The summed E-state index contributed by atoms with van der Waals surface area (Å²) in [4.78, 5) is 10.8. The van der Waals surface area contributed by atoms with Gasteiger partial charge in [-0.1, -0.05) is 45.4 Å². The molecule has 11 heteroatoms. The number of hydrogen-bond donors (Lipinski definition) is 1. The van der Waals surface area contributed by atoms with Gasteiger partial charge in [0.2, 0.25) is 15.9 Å². The summed E-state index contributed by atoms with van der Waals surface area (Å²) in [7, 11) is -3.87. The van der Waals surface area contributed by atoms with E-state index in [0.717, 1.165) is 24.4 Å². The number of aromatic nitrogens is 1. The van der Waals surface area contributed by atoms with Gasteiger partial charge in [-0.05, 0) is 24.6 Å². The number of para-hydroxylation sites is 1. The van der Waals surface area contributed by atoms with Crippen LogP contribution in [0, 0.1) is 10.1 Å². The SMILES string of the molecule is CCCCn1c(O)c(N=Nc2ccc(S(=O)(=O)N(CC)CC)cc2[N+](=O)[O-])c2ccccc21. The Labute approximate surface area is 192 Å². The number of benzene rings is 2. The molecule has 0 spiro atoms. The molecule has 33 heavy (non-hydrogen) atoms. The van der Waals surface area contributed by atoms with Gasteiger partial charge in [0, 0.05) is 31.1 Å². The highest BCUT2D eigenvalue weighted by molar-refractivity contribution is 7.89. The Bertz CT molecular complexity index is 1300. The number of aryl methyl sites for hydroxylation is 1. The fourth-order valence-electron chi connectivity index (χ4n) is 3.62. The van der Waals surface area contributed by atoms with E-state index in [9.17, 15) is 23.6 Å².